The molecule has 0 spiro atoms. The molecule has 0 radical (unpaired) electrons. The van der Waals surface area contributed by atoms with Gasteiger partial charge in [0.1, 0.15) is 17.3 Å². The van der Waals surface area contributed by atoms with Gasteiger partial charge >= 0.3 is 6.03 Å². The molecule has 0 bridgehead atoms. The Kier molecular flexibility index (Phi) is 7.45. The van der Waals surface area contributed by atoms with E-state index in [4.69, 9.17) is 4.74 Å². The van der Waals surface area contributed by atoms with Crippen molar-refractivity contribution in [1.29, 1.82) is 0 Å². The lowest BCUT2D eigenvalue weighted by atomic mass is 10.1. The van der Waals surface area contributed by atoms with Crippen LogP contribution in [0.15, 0.2) is 18.3 Å². The third-order valence-electron chi connectivity index (χ3n) is 6.35. The number of fused-ring (bicyclic) bond motifs is 1. The fourth-order valence-corrected chi connectivity index (χ4v) is 4.23. The van der Waals surface area contributed by atoms with Crippen LogP contribution in [-0.2, 0) is 6.54 Å². The van der Waals surface area contributed by atoms with Crippen molar-refractivity contribution in [3.05, 3.63) is 35.5 Å². The highest BCUT2D eigenvalue weighted by Crippen LogP contribution is 2.40. The highest BCUT2D eigenvalue weighted by Gasteiger charge is 2.43. The highest BCUT2D eigenvalue weighted by atomic mass is 19.1. The number of nitrogens with one attached hydrogen (secondary N) is 1. The van der Waals surface area contributed by atoms with Gasteiger partial charge in [0.25, 0.3) is 0 Å². The molecule has 1 aliphatic carbocycles. The molecule has 1 aliphatic heterocycles. The SMILES string of the molecule is CCN(CC)CCCCNc1ncc2c(n1)N(C1CC1)C(=O)N(c1c(F)ccc(OC)c1F)C2. The van der Waals surface area contributed by atoms with Crippen molar-refractivity contribution >= 4 is 23.5 Å². The van der Waals surface area contributed by atoms with Crippen LogP contribution in [0.3, 0.4) is 0 Å². The lowest BCUT2D eigenvalue weighted by Gasteiger charge is -2.36. The van der Waals surface area contributed by atoms with E-state index in [1.165, 1.54) is 13.2 Å². The number of urea groups is 1. The Hall–Kier alpha value is -3.01. The van der Waals surface area contributed by atoms with E-state index in [1.807, 2.05) is 0 Å². The number of unbranched alkanes of at least 4 members (excludes halogenated alkanes) is 1. The second-order valence-electron chi connectivity index (χ2n) is 8.59. The lowest BCUT2D eigenvalue weighted by molar-refractivity contribution is 0.249. The predicted octanol–water partition coefficient (Wildman–Crippen LogP) is 4.41. The van der Waals surface area contributed by atoms with Gasteiger partial charge < -0.3 is 15.0 Å². The number of hydrogen-bond donors (Lipinski definition) is 1. The Bertz CT molecular complexity index is 1030. The molecule has 1 aromatic carbocycles. The minimum Gasteiger partial charge on any atom is -0.494 e. The van der Waals surface area contributed by atoms with Crippen molar-refractivity contribution in [1.82, 2.24) is 14.9 Å². The first-order valence-corrected chi connectivity index (χ1v) is 11.9. The summed E-state index contributed by atoms with van der Waals surface area (Å²) < 4.78 is 34.6. The quantitative estimate of drug-likeness (QED) is 0.487. The van der Waals surface area contributed by atoms with E-state index in [0.29, 0.717) is 17.3 Å². The van der Waals surface area contributed by atoms with Gasteiger partial charge in [-0.1, -0.05) is 13.8 Å². The second-order valence-corrected chi connectivity index (χ2v) is 8.59. The Balaban J connectivity index is 1.52. The van der Waals surface area contributed by atoms with Gasteiger partial charge in [0.15, 0.2) is 11.6 Å². The normalized spacial score (nSPS) is 15.6. The summed E-state index contributed by atoms with van der Waals surface area (Å²) in [7, 11) is 1.30. The largest absolute Gasteiger partial charge is 0.494 e. The predicted molar refractivity (Wildman–Crippen MR) is 128 cm³/mol. The van der Waals surface area contributed by atoms with Crippen LogP contribution in [0.4, 0.5) is 31.0 Å². The van der Waals surface area contributed by atoms with Crippen molar-refractivity contribution < 1.29 is 18.3 Å². The van der Waals surface area contributed by atoms with Gasteiger partial charge in [-0.05, 0) is 57.5 Å². The molecule has 34 heavy (non-hydrogen) atoms. The maximum atomic E-state index is 15.0. The van der Waals surface area contributed by atoms with E-state index in [-0.39, 0.29) is 18.3 Å². The number of methoxy groups -OCH3 is 1. The molecule has 2 aromatic rings. The van der Waals surface area contributed by atoms with Crippen molar-refractivity contribution in [2.45, 2.75) is 52.1 Å². The first-order chi connectivity index (χ1) is 16.5. The molecule has 2 aliphatic rings. The smallest absolute Gasteiger partial charge is 0.330 e. The maximum Gasteiger partial charge on any atom is 0.330 e. The van der Waals surface area contributed by atoms with Crippen LogP contribution >= 0.6 is 0 Å². The van der Waals surface area contributed by atoms with Crippen LogP contribution < -0.4 is 19.9 Å². The summed E-state index contributed by atoms with van der Waals surface area (Å²) in [5.74, 6) is -0.890. The van der Waals surface area contributed by atoms with Crippen LogP contribution in [0, 0.1) is 11.6 Å². The summed E-state index contributed by atoms with van der Waals surface area (Å²) in [6, 6.07) is 1.77. The number of rotatable bonds is 11. The zero-order valence-electron chi connectivity index (χ0n) is 20.0. The summed E-state index contributed by atoms with van der Waals surface area (Å²) in [4.78, 5) is 27.4. The minimum absolute atomic E-state index is 0.0253. The molecule has 2 amide bonds. The second kappa shape index (κ2) is 10.5. The maximum absolute atomic E-state index is 15.0. The van der Waals surface area contributed by atoms with E-state index in [2.05, 4.69) is 34.0 Å². The van der Waals surface area contributed by atoms with Gasteiger partial charge in [0.2, 0.25) is 5.95 Å². The molecule has 0 unspecified atom stereocenters. The zero-order chi connectivity index (χ0) is 24.2. The van der Waals surface area contributed by atoms with Gasteiger partial charge in [-0.25, -0.2) is 18.6 Å². The van der Waals surface area contributed by atoms with Crippen molar-refractivity contribution in [2.75, 3.05) is 48.4 Å². The van der Waals surface area contributed by atoms with Crippen molar-refractivity contribution in [3.63, 3.8) is 0 Å². The van der Waals surface area contributed by atoms with E-state index in [1.54, 1.807) is 11.1 Å². The van der Waals surface area contributed by atoms with E-state index in [0.717, 1.165) is 62.8 Å². The molecule has 8 nitrogen and oxygen atoms in total. The third kappa shape index (κ3) is 4.91. The Labute approximate surface area is 198 Å². The lowest BCUT2D eigenvalue weighted by Crippen LogP contribution is -2.49. The van der Waals surface area contributed by atoms with Gasteiger partial charge in [-0.15, -0.1) is 0 Å². The molecule has 4 rings (SSSR count). The molecule has 1 fully saturated rings. The molecule has 0 saturated heterocycles. The molecule has 1 saturated carbocycles. The summed E-state index contributed by atoms with van der Waals surface area (Å²) in [5, 5.41) is 3.25. The van der Waals surface area contributed by atoms with Gasteiger partial charge in [-0.2, -0.15) is 4.98 Å². The first-order valence-electron chi connectivity index (χ1n) is 11.9. The number of hydrogen-bond acceptors (Lipinski definition) is 6. The Morgan fingerprint density at radius 2 is 1.97 bits per heavy atom. The topological polar surface area (TPSA) is 73.8 Å². The first kappa shape index (κ1) is 24.1. The van der Waals surface area contributed by atoms with E-state index < -0.39 is 23.4 Å². The standard InChI is InChI=1S/C24H32F2N6O2/c1-4-30(5-2)13-7-6-12-27-23-28-14-16-15-31(21-18(25)10-11-19(34-3)20(21)26)24(33)32(17-8-9-17)22(16)29-23/h10-11,14,17H,4-9,12-13,15H2,1-3H3,(H,27,28,29). The molecule has 2 heterocycles. The molecule has 0 atom stereocenters. The molecule has 10 heteroatoms. The number of anilines is 3. The molecular formula is C24H32F2N6O2. The average molecular weight is 475 g/mol. The number of benzene rings is 1. The van der Waals surface area contributed by atoms with Crippen molar-refractivity contribution in [2.24, 2.45) is 0 Å². The number of halogens is 2. The summed E-state index contributed by atoms with van der Waals surface area (Å²) in [6.45, 7) is 8.16. The third-order valence-corrected chi connectivity index (χ3v) is 6.35. The van der Waals surface area contributed by atoms with Crippen LogP contribution in [0.25, 0.3) is 0 Å². The van der Waals surface area contributed by atoms with Gasteiger partial charge in [0, 0.05) is 24.3 Å². The molecule has 184 valence electrons. The summed E-state index contributed by atoms with van der Waals surface area (Å²) in [6.07, 6.45) is 5.31. The van der Waals surface area contributed by atoms with Crippen LogP contribution in [0.1, 0.15) is 45.1 Å². The highest BCUT2D eigenvalue weighted by molar-refractivity contribution is 6.06. The monoisotopic (exact) mass is 474 g/mol. The van der Waals surface area contributed by atoms with Crippen LogP contribution in [0.5, 0.6) is 5.75 Å². The molecule has 1 aromatic heterocycles. The number of ether oxygens (including phenoxy) is 1. The number of nitrogens with zero attached hydrogens (tertiary/aromatic N) is 5. The summed E-state index contributed by atoms with van der Waals surface area (Å²) >= 11 is 0. The number of aromatic nitrogens is 2. The van der Waals surface area contributed by atoms with Crippen LogP contribution in [-0.4, -0.2) is 60.2 Å². The van der Waals surface area contributed by atoms with Gasteiger partial charge in [0.05, 0.1) is 13.7 Å². The summed E-state index contributed by atoms with van der Waals surface area (Å²) in [5.41, 5.74) is 0.219. The Morgan fingerprint density at radius 1 is 1.21 bits per heavy atom. The zero-order valence-corrected chi connectivity index (χ0v) is 20.0. The number of carbonyl (C=O) groups is 1. The van der Waals surface area contributed by atoms with Gasteiger partial charge in [-0.3, -0.25) is 9.80 Å². The fraction of sp³-hybridized carbons (Fsp3) is 0.542. The van der Waals surface area contributed by atoms with E-state index in [9.17, 15) is 13.6 Å². The van der Waals surface area contributed by atoms with E-state index >= 15 is 0 Å². The molecule has 1 N–H and O–H groups in total. The van der Waals surface area contributed by atoms with Crippen LogP contribution in [0.2, 0.25) is 0 Å². The fourth-order valence-electron chi connectivity index (χ4n) is 4.23. The van der Waals surface area contributed by atoms with Crippen molar-refractivity contribution in [3.8, 4) is 5.75 Å². The minimum atomic E-state index is -0.904. The number of carbonyl (C=O) groups excluding carboxylic acids is 1. The number of amides is 2. The molecular weight excluding hydrogens is 442 g/mol. The average Bonchev–Trinajstić information content (AvgIpc) is 3.67. The Morgan fingerprint density at radius 3 is 2.65 bits per heavy atom.